The lowest BCUT2D eigenvalue weighted by atomic mass is 9.94. The quantitative estimate of drug-likeness (QED) is 0.774. The Balaban J connectivity index is 2.34. The van der Waals surface area contributed by atoms with E-state index < -0.39 is 46.9 Å². The maximum Gasteiger partial charge on any atom is 0.435 e. The molecule has 0 bridgehead atoms. The normalized spacial score (nSPS) is 12.7. The lowest BCUT2D eigenvalue weighted by Crippen LogP contribution is -2.50. The molecule has 1 amide bonds. The van der Waals surface area contributed by atoms with E-state index in [0.29, 0.717) is 18.2 Å². The summed E-state index contributed by atoms with van der Waals surface area (Å²) in [5.74, 6) is -3.31. The van der Waals surface area contributed by atoms with Crippen LogP contribution in [0.15, 0.2) is 36.5 Å². The Morgan fingerprint density at radius 3 is 1.89 bits per heavy atom. The first-order valence-corrected chi connectivity index (χ1v) is 6.83. The van der Waals surface area contributed by atoms with Gasteiger partial charge in [0, 0.05) is 11.8 Å². The number of hydrogen-bond donors (Lipinski definition) is 1. The highest BCUT2D eigenvalue weighted by Crippen LogP contribution is 2.53. The fourth-order valence-corrected chi connectivity index (χ4v) is 1.99. The van der Waals surface area contributed by atoms with Gasteiger partial charge in [-0.05, 0) is 18.2 Å². The zero-order valence-corrected chi connectivity index (χ0v) is 12.8. The van der Waals surface area contributed by atoms with Crippen molar-refractivity contribution < 1.29 is 44.7 Å². The van der Waals surface area contributed by atoms with E-state index in [1.165, 1.54) is 0 Å². The van der Waals surface area contributed by atoms with Crippen LogP contribution in [-0.2, 0) is 5.67 Å². The number of pyridine rings is 1. The van der Waals surface area contributed by atoms with Gasteiger partial charge in [0.15, 0.2) is 5.82 Å². The topological polar surface area (TPSA) is 65.2 Å². The Bertz CT molecular complexity index is 832. The number of carbonyl (C=O) groups excluding carboxylic acids is 1. The van der Waals surface area contributed by atoms with Gasteiger partial charge in [-0.15, -0.1) is 0 Å². The molecule has 146 valence electrons. The molecule has 0 aliphatic heterocycles. The number of alkyl halides is 7. The lowest BCUT2D eigenvalue weighted by molar-refractivity contribution is -0.348. The molecule has 0 unspecified atom stereocenters. The number of primary amides is 1. The van der Waals surface area contributed by atoms with E-state index in [9.17, 15) is 39.9 Å². The predicted molar refractivity (Wildman–Crippen MR) is 74.1 cm³/mol. The first-order chi connectivity index (χ1) is 12.3. The molecule has 0 spiro atoms. The van der Waals surface area contributed by atoms with E-state index in [1.54, 1.807) is 0 Å². The van der Waals surface area contributed by atoms with Crippen LogP contribution in [0.5, 0.6) is 11.6 Å². The number of hydrogen-bond acceptors (Lipinski definition) is 3. The number of nitrogens with zero attached hydrogens (tertiary/aromatic N) is 1. The van der Waals surface area contributed by atoms with Gasteiger partial charge < -0.3 is 10.5 Å². The molecule has 0 aliphatic carbocycles. The second kappa shape index (κ2) is 6.67. The van der Waals surface area contributed by atoms with Crippen LogP contribution in [0.25, 0.3) is 0 Å². The molecule has 4 nitrogen and oxygen atoms in total. The summed E-state index contributed by atoms with van der Waals surface area (Å²) in [7, 11) is 0. The summed E-state index contributed by atoms with van der Waals surface area (Å²) in [6.07, 6.45) is -11.7. The van der Waals surface area contributed by atoms with Gasteiger partial charge in [-0.2, -0.15) is 26.3 Å². The monoisotopic (exact) mass is 400 g/mol. The van der Waals surface area contributed by atoms with Crippen molar-refractivity contribution in [2.45, 2.75) is 18.0 Å². The first kappa shape index (κ1) is 20.4. The van der Waals surface area contributed by atoms with Crippen LogP contribution in [0, 0.1) is 5.82 Å². The highest BCUT2D eigenvalue weighted by atomic mass is 19.4. The van der Waals surface area contributed by atoms with Gasteiger partial charge in [-0.1, -0.05) is 12.1 Å². The summed E-state index contributed by atoms with van der Waals surface area (Å²) in [6.45, 7) is 0. The number of halogens is 8. The SMILES string of the molecule is NC(=O)c1cnc(Oc2ccc(C(F)(C(F)(F)F)C(F)(F)F)cc2)c(F)c1. The number of amides is 1. The van der Waals surface area contributed by atoms with E-state index in [4.69, 9.17) is 10.5 Å². The molecule has 2 aromatic rings. The summed E-state index contributed by atoms with van der Waals surface area (Å²) < 4.78 is 108. The fraction of sp³-hybridized carbons (Fsp3) is 0.200. The Morgan fingerprint density at radius 1 is 0.963 bits per heavy atom. The third kappa shape index (κ3) is 3.78. The third-order valence-electron chi connectivity index (χ3n) is 3.34. The number of aromatic nitrogens is 1. The number of benzene rings is 1. The van der Waals surface area contributed by atoms with Crippen molar-refractivity contribution in [3.05, 3.63) is 53.5 Å². The summed E-state index contributed by atoms with van der Waals surface area (Å²) in [6, 6.07) is 2.21. The molecule has 1 heterocycles. The maximum atomic E-state index is 13.9. The number of carbonyl (C=O) groups is 1. The Kier molecular flexibility index (Phi) is 5.04. The molecule has 0 saturated carbocycles. The Labute approximate surface area is 145 Å². The zero-order chi connectivity index (χ0) is 20.6. The number of rotatable bonds is 4. The molecule has 2 N–H and O–H groups in total. The smallest absolute Gasteiger partial charge is 0.435 e. The van der Waals surface area contributed by atoms with Crippen LogP contribution < -0.4 is 10.5 Å². The molecule has 0 aliphatic rings. The maximum absolute atomic E-state index is 13.9. The van der Waals surface area contributed by atoms with E-state index in [2.05, 4.69) is 4.98 Å². The number of ether oxygens (including phenoxy) is 1. The molecule has 2 rings (SSSR count). The summed E-state index contributed by atoms with van der Waals surface area (Å²) >= 11 is 0. The minimum absolute atomic E-state index is 0.200. The molecule has 0 saturated heterocycles. The van der Waals surface area contributed by atoms with Crippen molar-refractivity contribution >= 4 is 5.91 Å². The molecular weight excluding hydrogens is 392 g/mol. The Hall–Kier alpha value is -2.92. The van der Waals surface area contributed by atoms with Crippen molar-refractivity contribution in [1.82, 2.24) is 4.98 Å². The van der Waals surface area contributed by atoms with E-state index in [1.807, 2.05) is 0 Å². The van der Waals surface area contributed by atoms with Crippen molar-refractivity contribution in [3.8, 4) is 11.6 Å². The minimum Gasteiger partial charge on any atom is -0.436 e. The van der Waals surface area contributed by atoms with Gasteiger partial charge in [-0.25, -0.2) is 13.8 Å². The largest absolute Gasteiger partial charge is 0.436 e. The van der Waals surface area contributed by atoms with Crippen molar-refractivity contribution in [1.29, 1.82) is 0 Å². The Morgan fingerprint density at radius 2 is 1.48 bits per heavy atom. The summed E-state index contributed by atoms with van der Waals surface area (Å²) in [4.78, 5) is 14.3. The van der Waals surface area contributed by atoms with Gasteiger partial charge >= 0.3 is 18.0 Å². The van der Waals surface area contributed by atoms with E-state index in [-0.39, 0.29) is 17.7 Å². The molecule has 1 aromatic carbocycles. The van der Waals surface area contributed by atoms with Gasteiger partial charge in [-0.3, -0.25) is 4.79 Å². The van der Waals surface area contributed by atoms with Crippen LogP contribution in [-0.4, -0.2) is 23.2 Å². The van der Waals surface area contributed by atoms with Crippen molar-refractivity contribution in [2.75, 3.05) is 0 Å². The highest BCUT2D eigenvalue weighted by molar-refractivity contribution is 5.92. The molecule has 0 fully saturated rings. The van der Waals surface area contributed by atoms with Gasteiger partial charge in [0.25, 0.3) is 5.88 Å². The van der Waals surface area contributed by atoms with Crippen LogP contribution in [0.1, 0.15) is 15.9 Å². The minimum atomic E-state index is -6.26. The van der Waals surface area contributed by atoms with E-state index in [0.717, 1.165) is 6.20 Å². The van der Waals surface area contributed by atoms with Crippen molar-refractivity contribution in [3.63, 3.8) is 0 Å². The zero-order valence-electron chi connectivity index (χ0n) is 12.8. The standard InChI is InChI=1S/C15H8F8N2O2/c16-10-5-7(11(24)26)6-25-12(10)27-9-3-1-8(2-4-9)13(17,14(18,19)20)15(21,22)23/h1-6H,(H2,24,26). The van der Waals surface area contributed by atoms with Gasteiger partial charge in [0.05, 0.1) is 5.56 Å². The first-order valence-electron chi connectivity index (χ1n) is 6.83. The molecular formula is C15H8F8N2O2. The second-order valence-corrected chi connectivity index (χ2v) is 5.16. The molecule has 12 heteroatoms. The molecule has 0 radical (unpaired) electrons. The molecule has 0 atom stereocenters. The average Bonchev–Trinajstić information content (AvgIpc) is 2.54. The van der Waals surface area contributed by atoms with Crippen LogP contribution in [0.2, 0.25) is 0 Å². The van der Waals surface area contributed by atoms with Gasteiger partial charge in [0.2, 0.25) is 5.91 Å². The average molecular weight is 400 g/mol. The molecule has 27 heavy (non-hydrogen) atoms. The number of nitrogens with two attached hydrogens (primary N) is 1. The molecule has 1 aromatic heterocycles. The fourth-order valence-electron chi connectivity index (χ4n) is 1.99. The highest BCUT2D eigenvalue weighted by Gasteiger charge is 2.73. The van der Waals surface area contributed by atoms with E-state index >= 15 is 0 Å². The summed E-state index contributed by atoms with van der Waals surface area (Å²) in [5, 5.41) is 0. The predicted octanol–water partition coefficient (Wildman–Crippen LogP) is 4.40. The second-order valence-electron chi connectivity index (χ2n) is 5.16. The van der Waals surface area contributed by atoms with Crippen LogP contribution >= 0.6 is 0 Å². The lowest BCUT2D eigenvalue weighted by Gasteiger charge is -2.30. The van der Waals surface area contributed by atoms with Crippen LogP contribution in [0.3, 0.4) is 0 Å². The van der Waals surface area contributed by atoms with Crippen LogP contribution in [0.4, 0.5) is 35.1 Å². The summed E-state index contributed by atoms with van der Waals surface area (Å²) in [5.41, 5.74) is -2.71. The van der Waals surface area contributed by atoms with Crippen molar-refractivity contribution in [2.24, 2.45) is 5.73 Å². The third-order valence-corrected chi connectivity index (χ3v) is 3.34. The van der Waals surface area contributed by atoms with Gasteiger partial charge in [0.1, 0.15) is 5.75 Å².